The zero-order chi connectivity index (χ0) is 23.1. The lowest BCUT2D eigenvalue weighted by Gasteiger charge is -2.42. The summed E-state index contributed by atoms with van der Waals surface area (Å²) in [5, 5.41) is 4.41. The molecule has 0 saturated carbocycles. The van der Waals surface area contributed by atoms with E-state index in [0.29, 0.717) is 24.0 Å². The molecule has 0 radical (unpaired) electrons. The first-order chi connectivity index (χ1) is 16.5. The fourth-order valence-corrected chi connectivity index (χ4v) is 6.30. The lowest BCUT2D eigenvalue weighted by Crippen LogP contribution is -2.56. The van der Waals surface area contributed by atoms with Crippen molar-refractivity contribution in [1.82, 2.24) is 29.5 Å². The molecule has 4 aromatic heterocycles. The van der Waals surface area contributed by atoms with Crippen LogP contribution in [0, 0.1) is 13.8 Å². The van der Waals surface area contributed by atoms with E-state index < -0.39 is 0 Å². The van der Waals surface area contributed by atoms with Gasteiger partial charge in [-0.25, -0.2) is 14.5 Å². The summed E-state index contributed by atoms with van der Waals surface area (Å²) in [7, 11) is 0. The number of hydrogen-bond donors (Lipinski definition) is 1. The Hall–Kier alpha value is -2.97. The topological polar surface area (TPSA) is 74.6 Å². The van der Waals surface area contributed by atoms with E-state index in [2.05, 4.69) is 70.9 Å². The van der Waals surface area contributed by atoms with Crippen molar-refractivity contribution < 1.29 is 4.74 Å². The highest BCUT2D eigenvalue weighted by Crippen LogP contribution is 2.40. The Bertz CT molecular complexity index is 1420. The highest BCUT2D eigenvalue weighted by atomic mass is 16.5. The summed E-state index contributed by atoms with van der Waals surface area (Å²) in [5.41, 5.74) is 9.06. The smallest absolute Gasteiger partial charge is 0.158 e. The van der Waals surface area contributed by atoms with Crippen molar-refractivity contribution in [3.63, 3.8) is 0 Å². The highest BCUT2D eigenvalue weighted by molar-refractivity contribution is 5.90. The van der Waals surface area contributed by atoms with Crippen LogP contribution < -0.4 is 4.90 Å². The second-order valence-electron chi connectivity index (χ2n) is 10.5. The predicted octanol–water partition coefficient (Wildman–Crippen LogP) is 3.67. The SMILES string of the molecule is Cc1c(-c2[nH]c3ccc(N4C[C@H]5C[C@@H]4CN5C4COC4)nc3c2C(C)C)cn2ncnc2c1C. The number of nitrogens with zero attached hydrogens (tertiary/aromatic N) is 6. The van der Waals surface area contributed by atoms with Crippen molar-refractivity contribution in [3.05, 3.63) is 41.3 Å². The van der Waals surface area contributed by atoms with Crippen LogP contribution in [-0.4, -0.2) is 73.9 Å². The maximum absolute atomic E-state index is 5.44. The number of piperazine rings is 1. The quantitative estimate of drug-likeness (QED) is 0.504. The summed E-state index contributed by atoms with van der Waals surface area (Å²) in [6.07, 6.45) is 4.96. The Morgan fingerprint density at radius 2 is 1.91 bits per heavy atom. The molecule has 176 valence electrons. The summed E-state index contributed by atoms with van der Waals surface area (Å²) in [4.78, 5) is 18.6. The van der Waals surface area contributed by atoms with Gasteiger partial charge in [0.2, 0.25) is 0 Å². The number of aromatic amines is 1. The van der Waals surface area contributed by atoms with Crippen LogP contribution in [0.2, 0.25) is 0 Å². The predicted molar refractivity (Wildman–Crippen MR) is 132 cm³/mol. The van der Waals surface area contributed by atoms with Gasteiger partial charge in [0, 0.05) is 42.5 Å². The molecule has 8 heteroatoms. The first-order valence-electron chi connectivity index (χ1n) is 12.4. The number of pyridine rings is 2. The summed E-state index contributed by atoms with van der Waals surface area (Å²) in [6.45, 7) is 12.8. The van der Waals surface area contributed by atoms with Crippen molar-refractivity contribution in [2.45, 2.75) is 58.2 Å². The number of hydrogen-bond acceptors (Lipinski definition) is 6. The van der Waals surface area contributed by atoms with E-state index in [4.69, 9.17) is 9.72 Å². The van der Waals surface area contributed by atoms with Gasteiger partial charge in [0.25, 0.3) is 0 Å². The zero-order valence-corrected chi connectivity index (χ0v) is 20.2. The molecule has 34 heavy (non-hydrogen) atoms. The molecule has 7 heterocycles. The van der Waals surface area contributed by atoms with Crippen LogP contribution in [0.4, 0.5) is 5.82 Å². The Morgan fingerprint density at radius 3 is 2.62 bits per heavy atom. The Morgan fingerprint density at radius 1 is 1.06 bits per heavy atom. The molecule has 7 rings (SSSR count). The normalized spacial score (nSPS) is 23.1. The van der Waals surface area contributed by atoms with Gasteiger partial charge >= 0.3 is 0 Å². The van der Waals surface area contributed by atoms with E-state index in [9.17, 15) is 0 Å². The van der Waals surface area contributed by atoms with Gasteiger partial charge in [-0.2, -0.15) is 5.10 Å². The number of likely N-dealkylation sites (tertiary alicyclic amines) is 1. The number of fused-ring (bicyclic) bond motifs is 4. The molecule has 0 spiro atoms. The summed E-state index contributed by atoms with van der Waals surface area (Å²) in [5.74, 6) is 1.44. The monoisotopic (exact) mass is 457 g/mol. The molecule has 4 aromatic rings. The maximum atomic E-state index is 5.44. The van der Waals surface area contributed by atoms with Crippen LogP contribution in [0.5, 0.6) is 0 Å². The number of aromatic nitrogens is 5. The van der Waals surface area contributed by atoms with Gasteiger partial charge in [-0.3, -0.25) is 4.90 Å². The lowest BCUT2D eigenvalue weighted by atomic mass is 9.95. The van der Waals surface area contributed by atoms with Crippen molar-refractivity contribution in [3.8, 4) is 11.3 Å². The molecule has 3 aliphatic heterocycles. The van der Waals surface area contributed by atoms with E-state index >= 15 is 0 Å². The first kappa shape index (κ1) is 20.4. The largest absolute Gasteiger partial charge is 0.378 e. The minimum Gasteiger partial charge on any atom is -0.378 e. The van der Waals surface area contributed by atoms with Crippen LogP contribution in [0.1, 0.15) is 42.9 Å². The van der Waals surface area contributed by atoms with Gasteiger partial charge in [0.15, 0.2) is 5.65 Å². The summed E-state index contributed by atoms with van der Waals surface area (Å²) >= 11 is 0. The Balaban J connectivity index is 1.30. The third-order valence-electron chi connectivity index (χ3n) is 8.30. The van der Waals surface area contributed by atoms with E-state index in [1.165, 1.54) is 17.5 Å². The second kappa shape index (κ2) is 7.26. The van der Waals surface area contributed by atoms with Crippen LogP contribution in [-0.2, 0) is 4.74 Å². The molecular weight excluding hydrogens is 426 g/mol. The molecule has 1 N–H and O–H groups in total. The molecule has 0 aliphatic carbocycles. The molecule has 3 aliphatic rings. The number of nitrogens with one attached hydrogen (secondary N) is 1. The van der Waals surface area contributed by atoms with Gasteiger partial charge in [-0.15, -0.1) is 0 Å². The minimum atomic E-state index is 0.335. The highest BCUT2D eigenvalue weighted by Gasteiger charge is 2.47. The van der Waals surface area contributed by atoms with Crippen LogP contribution in [0.15, 0.2) is 24.7 Å². The van der Waals surface area contributed by atoms with E-state index in [1.807, 2.05) is 4.52 Å². The van der Waals surface area contributed by atoms with E-state index in [0.717, 1.165) is 65.6 Å². The Labute approximate surface area is 198 Å². The van der Waals surface area contributed by atoms with Gasteiger partial charge in [0.1, 0.15) is 12.1 Å². The van der Waals surface area contributed by atoms with Crippen molar-refractivity contribution in [2.24, 2.45) is 0 Å². The van der Waals surface area contributed by atoms with Crippen molar-refractivity contribution in [1.29, 1.82) is 0 Å². The number of ether oxygens (including phenoxy) is 1. The van der Waals surface area contributed by atoms with Gasteiger partial charge in [0.05, 0.1) is 36.0 Å². The van der Waals surface area contributed by atoms with E-state index in [1.54, 1.807) is 6.33 Å². The van der Waals surface area contributed by atoms with Crippen molar-refractivity contribution >= 4 is 22.5 Å². The molecule has 0 amide bonds. The summed E-state index contributed by atoms with van der Waals surface area (Å²) < 4.78 is 7.32. The third kappa shape index (κ3) is 2.81. The van der Waals surface area contributed by atoms with Gasteiger partial charge < -0.3 is 14.6 Å². The first-order valence-corrected chi connectivity index (χ1v) is 12.4. The minimum absolute atomic E-state index is 0.335. The lowest BCUT2D eigenvalue weighted by molar-refractivity contribution is -0.0708. The molecule has 8 nitrogen and oxygen atoms in total. The fraction of sp³-hybridized carbons (Fsp3) is 0.500. The van der Waals surface area contributed by atoms with Gasteiger partial charge in [-0.05, 0) is 49.4 Å². The molecule has 2 atom stereocenters. The molecule has 3 fully saturated rings. The maximum Gasteiger partial charge on any atom is 0.158 e. The number of aryl methyl sites for hydroxylation is 1. The van der Waals surface area contributed by atoms with Crippen molar-refractivity contribution in [2.75, 3.05) is 31.2 Å². The van der Waals surface area contributed by atoms with Gasteiger partial charge in [-0.1, -0.05) is 13.8 Å². The van der Waals surface area contributed by atoms with E-state index in [-0.39, 0.29) is 0 Å². The van der Waals surface area contributed by atoms with Crippen LogP contribution >= 0.6 is 0 Å². The number of rotatable bonds is 4. The zero-order valence-electron chi connectivity index (χ0n) is 20.2. The van der Waals surface area contributed by atoms with Crippen LogP contribution in [0.3, 0.4) is 0 Å². The number of anilines is 1. The Kier molecular flexibility index (Phi) is 4.36. The molecular formula is C26H31N7O. The molecule has 0 unspecified atom stereocenters. The molecule has 0 aromatic carbocycles. The number of H-pyrrole nitrogens is 1. The standard InChI is InChI=1S/C26H31N7O/c1-14(2)23-24(20-10-33-26(27-13-28-33)16(4)15(20)3)29-21-5-6-22(30-25(21)23)32-9-17-7-18(32)8-31(17)19-11-34-12-19/h5-6,10,13-14,17-19,29H,7-9,11-12H2,1-4H3/t17-,18-/m1/s1. The summed E-state index contributed by atoms with van der Waals surface area (Å²) in [6, 6.07) is 6.22. The third-order valence-corrected chi connectivity index (χ3v) is 8.30. The second-order valence-corrected chi connectivity index (χ2v) is 10.5. The van der Waals surface area contributed by atoms with Crippen LogP contribution in [0.25, 0.3) is 27.9 Å². The average Bonchev–Trinajstić information content (AvgIpc) is 3.56. The fourth-order valence-electron chi connectivity index (χ4n) is 6.30. The molecule has 3 saturated heterocycles. The molecule has 2 bridgehead atoms. The average molecular weight is 458 g/mol.